The van der Waals surface area contributed by atoms with E-state index in [-0.39, 0.29) is 12.0 Å². The van der Waals surface area contributed by atoms with Crippen molar-refractivity contribution in [2.24, 2.45) is 10.9 Å². The third-order valence-corrected chi connectivity index (χ3v) is 4.96. The van der Waals surface area contributed by atoms with Crippen LogP contribution in [-0.4, -0.2) is 59.3 Å². The number of carbonyl (C=O) groups excluding carboxylic acids is 3. The molecule has 0 spiro atoms. The summed E-state index contributed by atoms with van der Waals surface area (Å²) in [7, 11) is 0. The van der Waals surface area contributed by atoms with Crippen molar-refractivity contribution in [1.29, 1.82) is 0 Å². The normalized spacial score (nSPS) is 30.4. The Morgan fingerprint density at radius 2 is 1.69 bits per heavy atom. The maximum atomic E-state index is 11.6. The van der Waals surface area contributed by atoms with Crippen LogP contribution in [-0.2, 0) is 33.3 Å². The first-order chi connectivity index (χ1) is 12.2. The zero-order chi connectivity index (χ0) is 19.4. The van der Waals surface area contributed by atoms with E-state index in [1.165, 1.54) is 32.5 Å². The fraction of sp³-hybridized carbons (Fsp3) is 0.765. The lowest BCUT2D eigenvalue weighted by molar-refractivity contribution is -0.208. The Hall–Kier alpha value is -1.61. The van der Waals surface area contributed by atoms with E-state index < -0.39 is 42.3 Å². The number of thioether (sulfide) groups is 1. The molecule has 1 saturated heterocycles. The minimum Gasteiger partial charge on any atom is -0.463 e. The monoisotopic (exact) mass is 387 g/mol. The van der Waals surface area contributed by atoms with Gasteiger partial charge in [-0.3, -0.25) is 19.4 Å². The number of fused-ring (bicyclic) bond motifs is 1. The summed E-state index contributed by atoms with van der Waals surface area (Å²) in [5.41, 5.74) is -0.388. The molecule has 1 fully saturated rings. The number of esters is 3. The Morgan fingerprint density at radius 3 is 2.23 bits per heavy atom. The van der Waals surface area contributed by atoms with Gasteiger partial charge in [0, 0.05) is 20.8 Å². The summed E-state index contributed by atoms with van der Waals surface area (Å²) in [5, 5.41) is 0.905. The van der Waals surface area contributed by atoms with Crippen LogP contribution < -0.4 is 0 Å². The molecule has 0 amide bonds. The molecule has 2 aliphatic rings. The standard InChI is InChI=1S/C17H25NO7S/c1-8(2)6-13-18-14-16(24-11(5)21)15(23-10(4)20)12(7-22-9(3)19)25-17(14)26-13/h8,12,14-17H,6-7H2,1-5H3/t12-,14?,15-,16-,17?/m1/s1. The second kappa shape index (κ2) is 8.85. The van der Waals surface area contributed by atoms with Crippen molar-refractivity contribution in [3.63, 3.8) is 0 Å². The van der Waals surface area contributed by atoms with Gasteiger partial charge >= 0.3 is 17.9 Å². The van der Waals surface area contributed by atoms with Gasteiger partial charge < -0.3 is 18.9 Å². The molecular weight excluding hydrogens is 362 g/mol. The zero-order valence-corrected chi connectivity index (χ0v) is 16.4. The van der Waals surface area contributed by atoms with Crippen molar-refractivity contribution in [3.05, 3.63) is 0 Å². The first-order valence-corrected chi connectivity index (χ1v) is 9.42. The summed E-state index contributed by atoms with van der Waals surface area (Å²) in [6.07, 6.45) is -1.66. The molecule has 0 saturated carbocycles. The second-order valence-electron chi connectivity index (χ2n) is 6.72. The molecule has 2 heterocycles. The smallest absolute Gasteiger partial charge is 0.303 e. The fourth-order valence-electron chi connectivity index (χ4n) is 2.90. The highest BCUT2D eigenvalue weighted by atomic mass is 32.2. The van der Waals surface area contributed by atoms with Crippen LogP contribution in [0.2, 0.25) is 0 Å². The number of nitrogens with zero attached hydrogens (tertiary/aromatic N) is 1. The van der Waals surface area contributed by atoms with Crippen molar-refractivity contribution < 1.29 is 33.3 Å². The fourth-order valence-corrected chi connectivity index (χ4v) is 4.33. The summed E-state index contributed by atoms with van der Waals surface area (Å²) in [6, 6.07) is -0.476. The van der Waals surface area contributed by atoms with Gasteiger partial charge in [0.1, 0.15) is 24.2 Å². The number of rotatable bonds is 6. The van der Waals surface area contributed by atoms with E-state index in [0.717, 1.165) is 11.5 Å². The van der Waals surface area contributed by atoms with E-state index in [4.69, 9.17) is 18.9 Å². The average Bonchev–Trinajstić information content (AvgIpc) is 2.88. The van der Waals surface area contributed by atoms with E-state index in [0.29, 0.717) is 5.92 Å². The van der Waals surface area contributed by atoms with Crippen LogP contribution in [0.1, 0.15) is 41.0 Å². The van der Waals surface area contributed by atoms with Crippen molar-refractivity contribution in [2.45, 2.75) is 70.8 Å². The molecule has 26 heavy (non-hydrogen) atoms. The minimum absolute atomic E-state index is 0.103. The van der Waals surface area contributed by atoms with Crippen molar-refractivity contribution >= 4 is 34.7 Å². The Labute approximate surface area is 157 Å². The van der Waals surface area contributed by atoms with Crippen molar-refractivity contribution in [3.8, 4) is 0 Å². The topological polar surface area (TPSA) is 100 Å². The molecule has 0 N–H and O–H groups in total. The summed E-state index contributed by atoms with van der Waals surface area (Å²) < 4.78 is 21.9. The first kappa shape index (κ1) is 20.7. The summed E-state index contributed by atoms with van der Waals surface area (Å²) in [4.78, 5) is 39.0. The quantitative estimate of drug-likeness (QED) is 0.501. The minimum atomic E-state index is -0.903. The molecule has 0 aromatic rings. The molecule has 2 aliphatic heterocycles. The van der Waals surface area contributed by atoms with E-state index in [1.807, 2.05) is 0 Å². The number of hydrogen-bond donors (Lipinski definition) is 0. The van der Waals surface area contributed by atoms with E-state index in [1.54, 1.807) is 0 Å². The largest absolute Gasteiger partial charge is 0.463 e. The zero-order valence-electron chi connectivity index (χ0n) is 15.6. The molecule has 2 unspecified atom stereocenters. The molecule has 2 rings (SSSR count). The Bertz CT molecular complexity index is 592. The Balaban J connectivity index is 2.27. The number of aliphatic imine (C=N–C) groups is 1. The van der Waals surface area contributed by atoms with Crippen LogP contribution in [0.3, 0.4) is 0 Å². The van der Waals surface area contributed by atoms with Gasteiger partial charge in [0.25, 0.3) is 0 Å². The third kappa shape index (κ3) is 5.44. The maximum absolute atomic E-state index is 11.6. The van der Waals surface area contributed by atoms with Gasteiger partial charge in [-0.25, -0.2) is 0 Å². The molecule has 0 aromatic carbocycles. The second-order valence-corrected chi connectivity index (χ2v) is 7.89. The van der Waals surface area contributed by atoms with E-state index >= 15 is 0 Å². The number of carbonyl (C=O) groups is 3. The van der Waals surface area contributed by atoms with Crippen LogP contribution in [0, 0.1) is 5.92 Å². The molecule has 146 valence electrons. The van der Waals surface area contributed by atoms with Gasteiger partial charge in [0.2, 0.25) is 0 Å². The highest BCUT2D eigenvalue weighted by Crippen LogP contribution is 2.40. The van der Waals surface area contributed by atoms with Crippen LogP contribution in [0.15, 0.2) is 4.99 Å². The summed E-state index contributed by atoms with van der Waals surface area (Å²) in [5.74, 6) is -1.11. The Morgan fingerprint density at radius 1 is 1.08 bits per heavy atom. The van der Waals surface area contributed by atoms with Crippen molar-refractivity contribution in [2.75, 3.05) is 6.61 Å². The number of ether oxygens (including phenoxy) is 4. The molecule has 0 bridgehead atoms. The predicted octanol–water partition coefficient (Wildman–Crippen LogP) is 1.70. The van der Waals surface area contributed by atoms with Gasteiger partial charge in [-0.05, 0) is 12.3 Å². The van der Waals surface area contributed by atoms with Gasteiger partial charge in [0.15, 0.2) is 12.2 Å². The van der Waals surface area contributed by atoms with Crippen molar-refractivity contribution in [1.82, 2.24) is 0 Å². The van der Waals surface area contributed by atoms with E-state index in [9.17, 15) is 14.4 Å². The highest BCUT2D eigenvalue weighted by Gasteiger charge is 2.53. The lowest BCUT2D eigenvalue weighted by Gasteiger charge is -2.41. The average molecular weight is 387 g/mol. The predicted molar refractivity (Wildman–Crippen MR) is 94.7 cm³/mol. The number of hydrogen-bond acceptors (Lipinski definition) is 9. The summed E-state index contributed by atoms with van der Waals surface area (Å²) >= 11 is 1.47. The van der Waals surface area contributed by atoms with Crippen LogP contribution in [0.4, 0.5) is 0 Å². The molecule has 0 radical (unpaired) electrons. The molecule has 0 aliphatic carbocycles. The molecular formula is C17H25NO7S. The van der Waals surface area contributed by atoms with Crippen LogP contribution >= 0.6 is 11.8 Å². The van der Waals surface area contributed by atoms with Crippen LogP contribution in [0.5, 0.6) is 0 Å². The van der Waals surface area contributed by atoms with Gasteiger partial charge in [-0.2, -0.15) is 0 Å². The van der Waals surface area contributed by atoms with E-state index in [2.05, 4.69) is 18.8 Å². The Kier molecular flexibility index (Phi) is 7.05. The highest BCUT2D eigenvalue weighted by molar-refractivity contribution is 8.14. The molecule has 8 nitrogen and oxygen atoms in total. The van der Waals surface area contributed by atoms with Gasteiger partial charge in [0.05, 0.1) is 5.04 Å². The molecule has 9 heteroatoms. The maximum Gasteiger partial charge on any atom is 0.303 e. The van der Waals surface area contributed by atoms with Gasteiger partial charge in [-0.1, -0.05) is 25.6 Å². The first-order valence-electron chi connectivity index (χ1n) is 8.54. The lowest BCUT2D eigenvalue weighted by atomic mass is 9.97. The van der Waals surface area contributed by atoms with Crippen LogP contribution in [0.25, 0.3) is 0 Å². The lowest BCUT2D eigenvalue weighted by Crippen LogP contribution is -2.59. The molecule has 0 aromatic heterocycles. The summed E-state index contributed by atoms with van der Waals surface area (Å²) in [6.45, 7) is 7.90. The van der Waals surface area contributed by atoms with Gasteiger partial charge in [-0.15, -0.1) is 0 Å². The SMILES string of the molecule is CC(=O)OC[C@H]1OC2SC(CC(C)C)=NC2[C@@H](OC(C)=O)[C@@H]1OC(C)=O. The third-order valence-electron chi connectivity index (χ3n) is 3.80. The molecule has 5 atom stereocenters.